The molecule has 0 aliphatic carbocycles. The van der Waals surface area contributed by atoms with E-state index in [1.807, 2.05) is 45.0 Å². The molecule has 1 fully saturated rings. The molecule has 1 amide bonds. The molecule has 4 rings (SSSR count). The fourth-order valence-corrected chi connectivity index (χ4v) is 5.04. The Bertz CT molecular complexity index is 1390. The summed E-state index contributed by atoms with van der Waals surface area (Å²) in [5.41, 5.74) is 2.11. The number of Topliss-reactive ketones (excluding diaryl/α,β-unsaturated/α-hetero) is 1. The van der Waals surface area contributed by atoms with Crippen LogP contribution in [0, 0.1) is 0 Å². The quantitative estimate of drug-likeness (QED) is 0.204. The van der Waals surface area contributed by atoms with E-state index in [9.17, 15) is 14.7 Å². The maximum Gasteiger partial charge on any atom is 0.300 e. The third-order valence-corrected chi connectivity index (χ3v) is 6.67. The van der Waals surface area contributed by atoms with E-state index in [0.29, 0.717) is 17.0 Å². The summed E-state index contributed by atoms with van der Waals surface area (Å²) in [6.45, 7) is 3.81. The zero-order valence-electron chi connectivity index (χ0n) is 21.7. The number of rotatable bonds is 7. The van der Waals surface area contributed by atoms with Crippen molar-refractivity contribution in [3.63, 3.8) is 0 Å². The zero-order chi connectivity index (χ0) is 27.7. The Kier molecular flexibility index (Phi) is 7.90. The highest BCUT2D eigenvalue weighted by molar-refractivity contribution is 6.51. The topological polar surface area (TPSA) is 79.3 Å². The van der Waals surface area contributed by atoms with Crippen molar-refractivity contribution in [1.29, 1.82) is 0 Å². The largest absolute Gasteiger partial charge is 0.507 e. The van der Waals surface area contributed by atoms with Gasteiger partial charge in [-0.1, -0.05) is 35.3 Å². The molecule has 1 saturated heterocycles. The van der Waals surface area contributed by atoms with Gasteiger partial charge in [0.15, 0.2) is 5.75 Å². The van der Waals surface area contributed by atoms with Crippen LogP contribution in [0.4, 0.5) is 11.4 Å². The third kappa shape index (κ3) is 5.17. The van der Waals surface area contributed by atoms with Crippen molar-refractivity contribution in [2.75, 3.05) is 31.0 Å². The van der Waals surface area contributed by atoms with Gasteiger partial charge < -0.3 is 19.5 Å². The number of methoxy groups -OCH3 is 1. The average Bonchev–Trinajstić information content (AvgIpc) is 3.13. The van der Waals surface area contributed by atoms with Crippen LogP contribution < -0.4 is 19.3 Å². The van der Waals surface area contributed by atoms with Crippen molar-refractivity contribution in [2.45, 2.75) is 26.0 Å². The van der Waals surface area contributed by atoms with Gasteiger partial charge in [-0.3, -0.25) is 14.5 Å². The molecule has 3 aromatic carbocycles. The first kappa shape index (κ1) is 27.4. The number of aliphatic hydroxyl groups excluding tert-OH is 1. The van der Waals surface area contributed by atoms with Gasteiger partial charge in [-0.15, -0.1) is 0 Å². The predicted molar refractivity (Wildman–Crippen MR) is 151 cm³/mol. The number of ether oxygens (including phenoxy) is 2. The molecule has 7 nitrogen and oxygen atoms in total. The summed E-state index contributed by atoms with van der Waals surface area (Å²) in [4.78, 5) is 30.3. The number of benzene rings is 3. The van der Waals surface area contributed by atoms with Gasteiger partial charge in [-0.25, -0.2) is 0 Å². The molecule has 0 saturated carbocycles. The summed E-state index contributed by atoms with van der Waals surface area (Å²) in [5.74, 6) is -1.19. The number of carbonyl (C=O) groups excluding carboxylic acids is 2. The van der Waals surface area contributed by atoms with Crippen molar-refractivity contribution in [2.24, 2.45) is 0 Å². The molecule has 38 heavy (non-hydrogen) atoms. The van der Waals surface area contributed by atoms with Gasteiger partial charge in [0.2, 0.25) is 0 Å². The SMILES string of the molecule is COc1c(Cl)cc(/C(O)=C2\C(=O)C(=O)N(c3ccc(N(C)C)cc3)C2c2cccc(OC(C)C)c2)cc1Cl. The molecule has 0 bridgehead atoms. The number of aliphatic hydroxyl groups is 1. The molecule has 1 unspecified atom stereocenters. The summed E-state index contributed by atoms with van der Waals surface area (Å²) in [5, 5.41) is 11.7. The highest BCUT2D eigenvalue weighted by Gasteiger charge is 2.47. The molecule has 1 heterocycles. The lowest BCUT2D eigenvalue weighted by atomic mass is 9.95. The Balaban J connectivity index is 1.94. The molecular formula is C29H28Cl2N2O5. The van der Waals surface area contributed by atoms with Crippen molar-refractivity contribution in [1.82, 2.24) is 0 Å². The minimum atomic E-state index is -0.935. The van der Waals surface area contributed by atoms with Crippen LogP contribution >= 0.6 is 23.2 Å². The number of hydrogen-bond acceptors (Lipinski definition) is 6. The molecule has 1 atom stereocenters. The number of ketones is 1. The highest BCUT2D eigenvalue weighted by Crippen LogP contribution is 2.44. The lowest BCUT2D eigenvalue weighted by Gasteiger charge is -2.26. The lowest BCUT2D eigenvalue weighted by molar-refractivity contribution is -0.132. The normalized spacial score (nSPS) is 16.7. The molecule has 0 spiro atoms. The van der Waals surface area contributed by atoms with Gasteiger partial charge in [-0.2, -0.15) is 0 Å². The van der Waals surface area contributed by atoms with Gasteiger partial charge in [-0.05, 0) is 67.9 Å². The minimum absolute atomic E-state index is 0.0845. The van der Waals surface area contributed by atoms with Crippen LogP contribution in [-0.2, 0) is 9.59 Å². The van der Waals surface area contributed by atoms with Crippen molar-refractivity contribution < 1.29 is 24.2 Å². The van der Waals surface area contributed by atoms with E-state index >= 15 is 0 Å². The molecule has 1 aliphatic rings. The smallest absolute Gasteiger partial charge is 0.300 e. The Morgan fingerprint density at radius 1 is 1.00 bits per heavy atom. The van der Waals surface area contributed by atoms with Crippen LogP contribution in [0.3, 0.4) is 0 Å². The highest BCUT2D eigenvalue weighted by atomic mass is 35.5. The van der Waals surface area contributed by atoms with E-state index in [2.05, 4.69) is 0 Å². The maximum atomic E-state index is 13.5. The number of hydrogen-bond donors (Lipinski definition) is 1. The fourth-order valence-electron chi connectivity index (χ4n) is 4.40. The standard InChI is InChI=1S/C29H28Cl2N2O5/c1-16(2)38-21-8-6-7-17(13-21)25-24(26(34)18-14-22(30)28(37-5)23(31)15-18)27(35)29(36)33(25)20-11-9-19(10-12-20)32(3)4/h6-16,25,34H,1-5H3/b26-24+. The van der Waals surface area contributed by atoms with Crippen LogP contribution in [0.1, 0.15) is 31.0 Å². The number of carbonyl (C=O) groups is 2. The zero-order valence-corrected chi connectivity index (χ0v) is 23.2. The maximum absolute atomic E-state index is 13.5. The van der Waals surface area contributed by atoms with Crippen molar-refractivity contribution in [3.8, 4) is 11.5 Å². The third-order valence-electron chi connectivity index (χ3n) is 6.11. The number of anilines is 2. The number of halogens is 2. The molecule has 1 N–H and O–H groups in total. The second kappa shape index (κ2) is 11.0. The second-order valence-electron chi connectivity index (χ2n) is 9.29. The monoisotopic (exact) mass is 554 g/mol. The lowest BCUT2D eigenvalue weighted by Crippen LogP contribution is -2.29. The van der Waals surface area contributed by atoms with Crippen LogP contribution in [0.15, 0.2) is 66.2 Å². The summed E-state index contributed by atoms with van der Waals surface area (Å²) in [6.07, 6.45) is -0.0845. The van der Waals surface area contributed by atoms with Gasteiger partial charge >= 0.3 is 0 Å². The number of nitrogens with zero attached hydrogens (tertiary/aromatic N) is 2. The average molecular weight is 555 g/mol. The molecule has 3 aromatic rings. The van der Waals surface area contributed by atoms with Crippen LogP contribution in [0.2, 0.25) is 10.0 Å². The van der Waals surface area contributed by atoms with Gasteiger partial charge in [0.05, 0.1) is 34.9 Å². The first-order valence-corrected chi connectivity index (χ1v) is 12.7. The van der Waals surface area contributed by atoms with E-state index in [1.54, 1.807) is 36.4 Å². The van der Waals surface area contributed by atoms with E-state index < -0.39 is 23.5 Å². The molecule has 9 heteroatoms. The van der Waals surface area contributed by atoms with E-state index in [4.69, 9.17) is 32.7 Å². The van der Waals surface area contributed by atoms with E-state index in [1.165, 1.54) is 24.1 Å². The summed E-state index contributed by atoms with van der Waals surface area (Å²) >= 11 is 12.6. The first-order chi connectivity index (χ1) is 18.0. The first-order valence-electron chi connectivity index (χ1n) is 11.9. The summed E-state index contributed by atoms with van der Waals surface area (Å²) in [7, 11) is 5.24. The molecule has 1 aliphatic heterocycles. The predicted octanol–water partition coefficient (Wildman–Crippen LogP) is 6.48. The van der Waals surface area contributed by atoms with Crippen LogP contribution in [0.5, 0.6) is 11.5 Å². The van der Waals surface area contributed by atoms with Crippen molar-refractivity contribution in [3.05, 3.63) is 87.4 Å². The van der Waals surface area contributed by atoms with E-state index in [0.717, 1.165) is 5.69 Å². The Labute approximate surface area is 231 Å². The molecular weight excluding hydrogens is 527 g/mol. The Morgan fingerprint density at radius 3 is 2.18 bits per heavy atom. The van der Waals surface area contributed by atoms with Gasteiger partial charge in [0.25, 0.3) is 11.7 Å². The van der Waals surface area contributed by atoms with Crippen molar-refractivity contribution >= 4 is 52.0 Å². The molecule has 0 aromatic heterocycles. The summed E-state index contributed by atoms with van der Waals surface area (Å²) < 4.78 is 11.1. The van der Waals surface area contributed by atoms with E-state index in [-0.39, 0.29) is 33.0 Å². The van der Waals surface area contributed by atoms with Crippen LogP contribution in [0.25, 0.3) is 5.76 Å². The molecule has 0 radical (unpaired) electrons. The number of amides is 1. The summed E-state index contributed by atoms with van der Waals surface area (Å²) in [6, 6.07) is 16.3. The fraction of sp³-hybridized carbons (Fsp3) is 0.241. The van der Waals surface area contributed by atoms with Gasteiger partial charge in [0.1, 0.15) is 11.5 Å². The van der Waals surface area contributed by atoms with Gasteiger partial charge in [0, 0.05) is 31.0 Å². The Hall–Kier alpha value is -3.68. The Morgan fingerprint density at radius 2 is 1.63 bits per heavy atom. The second-order valence-corrected chi connectivity index (χ2v) is 10.1. The van der Waals surface area contributed by atoms with Crippen LogP contribution in [-0.4, -0.2) is 44.1 Å². The minimum Gasteiger partial charge on any atom is -0.507 e. The molecule has 198 valence electrons.